The van der Waals surface area contributed by atoms with Gasteiger partial charge in [0.05, 0.1) is 6.61 Å². The summed E-state index contributed by atoms with van der Waals surface area (Å²) in [5, 5.41) is 9.35. The van der Waals surface area contributed by atoms with Crippen LogP contribution in [0, 0.1) is 5.92 Å². The van der Waals surface area contributed by atoms with Crippen LogP contribution in [0.2, 0.25) is 0 Å². The first-order valence-corrected chi connectivity index (χ1v) is 9.10. The van der Waals surface area contributed by atoms with Crippen LogP contribution in [0.25, 0.3) is 0 Å². The number of piperazine rings is 1. The molecule has 0 aromatic carbocycles. The highest BCUT2D eigenvalue weighted by molar-refractivity contribution is 7.99. The van der Waals surface area contributed by atoms with Crippen LogP contribution in [-0.4, -0.2) is 71.1 Å². The molecule has 2 saturated heterocycles. The summed E-state index contributed by atoms with van der Waals surface area (Å²) in [7, 11) is 0. The number of thioether (sulfide) groups is 1. The van der Waals surface area contributed by atoms with Crippen molar-refractivity contribution in [3.63, 3.8) is 0 Å². The third-order valence-corrected chi connectivity index (χ3v) is 5.72. The first kappa shape index (κ1) is 16.1. The van der Waals surface area contributed by atoms with E-state index in [1.165, 1.54) is 24.3 Å². The Balaban J connectivity index is 1.73. The third kappa shape index (κ3) is 4.37. The van der Waals surface area contributed by atoms with Gasteiger partial charge < -0.3 is 10.0 Å². The monoisotopic (exact) mass is 300 g/mol. The number of aliphatic hydroxyl groups excluding tert-OH is 1. The Morgan fingerprint density at radius 1 is 1.25 bits per heavy atom. The maximum atomic E-state index is 12.3. The lowest BCUT2D eigenvalue weighted by Gasteiger charge is -2.39. The van der Waals surface area contributed by atoms with Crippen molar-refractivity contribution < 1.29 is 9.90 Å². The van der Waals surface area contributed by atoms with Crippen LogP contribution >= 0.6 is 11.8 Å². The molecule has 0 saturated carbocycles. The molecule has 0 spiro atoms. The summed E-state index contributed by atoms with van der Waals surface area (Å²) < 4.78 is 0. The SMILES string of the molecule is CCC(CO)N1CCN(C(=O)CC2CCSCC2)CC1. The Labute approximate surface area is 126 Å². The van der Waals surface area contributed by atoms with Crippen molar-refractivity contribution in [3.8, 4) is 0 Å². The lowest BCUT2D eigenvalue weighted by Crippen LogP contribution is -2.52. The van der Waals surface area contributed by atoms with Crippen molar-refractivity contribution in [3.05, 3.63) is 0 Å². The molecule has 1 atom stereocenters. The van der Waals surface area contributed by atoms with Gasteiger partial charge in [-0.3, -0.25) is 9.69 Å². The van der Waals surface area contributed by atoms with Crippen LogP contribution in [0.4, 0.5) is 0 Å². The number of carbonyl (C=O) groups excluding carboxylic acids is 1. The molecular weight excluding hydrogens is 272 g/mol. The molecule has 2 heterocycles. The lowest BCUT2D eigenvalue weighted by molar-refractivity contribution is -0.134. The van der Waals surface area contributed by atoms with Crippen molar-refractivity contribution in [2.24, 2.45) is 5.92 Å². The van der Waals surface area contributed by atoms with Gasteiger partial charge in [0.25, 0.3) is 0 Å². The molecule has 2 rings (SSSR count). The summed E-state index contributed by atoms with van der Waals surface area (Å²) in [6.07, 6.45) is 4.14. The minimum Gasteiger partial charge on any atom is -0.395 e. The molecule has 1 unspecified atom stereocenters. The summed E-state index contributed by atoms with van der Waals surface area (Å²) in [4.78, 5) is 16.7. The summed E-state index contributed by atoms with van der Waals surface area (Å²) >= 11 is 2.01. The molecule has 0 radical (unpaired) electrons. The predicted molar refractivity (Wildman–Crippen MR) is 84.0 cm³/mol. The zero-order valence-corrected chi connectivity index (χ0v) is 13.4. The quantitative estimate of drug-likeness (QED) is 0.834. The fraction of sp³-hybridized carbons (Fsp3) is 0.933. The summed E-state index contributed by atoms with van der Waals surface area (Å²) in [6.45, 7) is 5.81. The molecule has 116 valence electrons. The van der Waals surface area contributed by atoms with Crippen LogP contribution in [-0.2, 0) is 4.79 Å². The van der Waals surface area contributed by atoms with E-state index in [-0.39, 0.29) is 12.6 Å². The molecule has 5 heteroatoms. The molecule has 2 fully saturated rings. The average Bonchev–Trinajstić information content (AvgIpc) is 2.50. The van der Waals surface area contributed by atoms with E-state index >= 15 is 0 Å². The molecule has 2 aliphatic heterocycles. The second-order valence-corrected chi connectivity index (χ2v) is 7.15. The van der Waals surface area contributed by atoms with E-state index in [1.54, 1.807) is 0 Å². The number of rotatable bonds is 5. The number of hydrogen-bond donors (Lipinski definition) is 1. The van der Waals surface area contributed by atoms with Gasteiger partial charge in [-0.25, -0.2) is 0 Å². The normalized spacial score (nSPS) is 23.8. The fourth-order valence-electron chi connectivity index (χ4n) is 3.17. The van der Waals surface area contributed by atoms with Gasteiger partial charge >= 0.3 is 0 Å². The van der Waals surface area contributed by atoms with E-state index in [0.717, 1.165) is 39.0 Å². The highest BCUT2D eigenvalue weighted by Gasteiger charge is 2.26. The second-order valence-electron chi connectivity index (χ2n) is 5.92. The van der Waals surface area contributed by atoms with Crippen molar-refractivity contribution >= 4 is 17.7 Å². The molecule has 4 nitrogen and oxygen atoms in total. The summed E-state index contributed by atoms with van der Waals surface area (Å²) in [6, 6.07) is 0.266. The Hall–Kier alpha value is -0.260. The van der Waals surface area contributed by atoms with E-state index in [1.807, 2.05) is 16.7 Å². The van der Waals surface area contributed by atoms with Gasteiger partial charge in [-0.2, -0.15) is 11.8 Å². The van der Waals surface area contributed by atoms with Crippen LogP contribution < -0.4 is 0 Å². The number of aliphatic hydroxyl groups is 1. The largest absolute Gasteiger partial charge is 0.395 e. The Morgan fingerprint density at radius 3 is 2.45 bits per heavy atom. The molecule has 2 aliphatic rings. The predicted octanol–water partition coefficient (Wildman–Crippen LogP) is 1.43. The van der Waals surface area contributed by atoms with Gasteiger partial charge in [-0.1, -0.05) is 6.92 Å². The van der Waals surface area contributed by atoms with E-state index < -0.39 is 0 Å². The van der Waals surface area contributed by atoms with E-state index in [9.17, 15) is 9.90 Å². The average molecular weight is 300 g/mol. The van der Waals surface area contributed by atoms with E-state index in [2.05, 4.69) is 11.8 Å². The van der Waals surface area contributed by atoms with Gasteiger partial charge in [0.1, 0.15) is 0 Å². The first-order chi connectivity index (χ1) is 9.74. The van der Waals surface area contributed by atoms with E-state index in [4.69, 9.17) is 0 Å². The Bertz CT molecular complexity index is 296. The van der Waals surface area contributed by atoms with Gasteiger partial charge in [0.2, 0.25) is 5.91 Å². The Kier molecular flexibility index (Phi) is 6.65. The fourth-order valence-corrected chi connectivity index (χ4v) is 4.37. The topological polar surface area (TPSA) is 43.8 Å². The number of hydrogen-bond acceptors (Lipinski definition) is 4. The molecule has 0 aromatic rings. The molecule has 0 aromatic heterocycles. The van der Waals surface area contributed by atoms with Crippen LogP contribution in [0.1, 0.15) is 32.6 Å². The summed E-state index contributed by atoms with van der Waals surface area (Å²) in [5.41, 5.74) is 0. The highest BCUT2D eigenvalue weighted by Crippen LogP contribution is 2.26. The van der Waals surface area contributed by atoms with Crippen molar-refractivity contribution in [2.75, 3.05) is 44.3 Å². The van der Waals surface area contributed by atoms with Gasteiger partial charge in [0.15, 0.2) is 0 Å². The van der Waals surface area contributed by atoms with E-state index in [0.29, 0.717) is 11.8 Å². The van der Waals surface area contributed by atoms with Gasteiger partial charge in [-0.05, 0) is 36.7 Å². The molecule has 1 N–H and O–H groups in total. The van der Waals surface area contributed by atoms with Crippen molar-refractivity contribution in [2.45, 2.75) is 38.6 Å². The van der Waals surface area contributed by atoms with Crippen LogP contribution in [0.3, 0.4) is 0 Å². The minimum absolute atomic E-state index is 0.226. The molecule has 1 amide bonds. The van der Waals surface area contributed by atoms with Crippen LogP contribution in [0.15, 0.2) is 0 Å². The van der Waals surface area contributed by atoms with Gasteiger partial charge in [-0.15, -0.1) is 0 Å². The second kappa shape index (κ2) is 8.25. The molecule has 0 aliphatic carbocycles. The minimum atomic E-state index is 0.226. The zero-order chi connectivity index (χ0) is 14.4. The number of carbonyl (C=O) groups is 1. The highest BCUT2D eigenvalue weighted by atomic mass is 32.2. The Morgan fingerprint density at radius 2 is 1.90 bits per heavy atom. The maximum Gasteiger partial charge on any atom is 0.222 e. The molecule has 20 heavy (non-hydrogen) atoms. The van der Waals surface area contributed by atoms with Crippen molar-refractivity contribution in [1.82, 2.24) is 9.80 Å². The smallest absolute Gasteiger partial charge is 0.222 e. The zero-order valence-electron chi connectivity index (χ0n) is 12.6. The summed E-state index contributed by atoms with van der Waals surface area (Å²) in [5.74, 6) is 3.40. The third-order valence-electron chi connectivity index (χ3n) is 4.67. The lowest BCUT2D eigenvalue weighted by atomic mass is 9.98. The first-order valence-electron chi connectivity index (χ1n) is 7.95. The number of nitrogens with zero attached hydrogens (tertiary/aromatic N) is 2. The maximum absolute atomic E-state index is 12.3. The number of amides is 1. The standard InChI is InChI=1S/C15H28N2O2S/c1-2-14(12-18)16-5-7-17(8-6-16)15(19)11-13-3-9-20-10-4-13/h13-14,18H,2-12H2,1H3. The van der Waals surface area contributed by atoms with Crippen molar-refractivity contribution in [1.29, 1.82) is 0 Å². The molecule has 0 bridgehead atoms. The van der Waals surface area contributed by atoms with Gasteiger partial charge in [0, 0.05) is 38.6 Å². The van der Waals surface area contributed by atoms with Crippen LogP contribution in [0.5, 0.6) is 0 Å². The molecular formula is C15H28N2O2S.